The Labute approximate surface area is 169 Å². The second kappa shape index (κ2) is 11.5. The summed E-state index contributed by atoms with van der Waals surface area (Å²) in [6.45, 7) is 0.371. The van der Waals surface area contributed by atoms with Gasteiger partial charge in [-0.05, 0) is 24.0 Å². The molecule has 0 heterocycles. The lowest BCUT2D eigenvalue weighted by atomic mass is 10.1. The van der Waals surface area contributed by atoms with Crippen molar-refractivity contribution >= 4 is 18.0 Å². The lowest BCUT2D eigenvalue weighted by Gasteiger charge is -2.18. The van der Waals surface area contributed by atoms with E-state index in [1.165, 1.54) is 0 Å². The minimum absolute atomic E-state index is 0.140. The summed E-state index contributed by atoms with van der Waals surface area (Å²) < 4.78 is 5.07. The monoisotopic (exact) mass is 399 g/mol. The molecule has 8 nitrogen and oxygen atoms in total. The van der Waals surface area contributed by atoms with Gasteiger partial charge < -0.3 is 26.2 Å². The third kappa shape index (κ3) is 7.63. The van der Waals surface area contributed by atoms with Crippen molar-refractivity contribution in [1.82, 2.24) is 10.6 Å². The predicted molar refractivity (Wildman–Crippen MR) is 107 cm³/mol. The quantitative estimate of drug-likeness (QED) is 0.452. The van der Waals surface area contributed by atoms with Crippen LogP contribution in [0, 0.1) is 0 Å². The van der Waals surface area contributed by atoms with Crippen LogP contribution in [0.4, 0.5) is 4.79 Å². The molecular weight excluding hydrogens is 374 g/mol. The Balaban J connectivity index is 1.71. The molecule has 0 aliphatic carbocycles. The van der Waals surface area contributed by atoms with Crippen LogP contribution in [-0.4, -0.2) is 35.7 Å². The predicted octanol–water partition coefficient (Wildman–Crippen LogP) is 1.96. The summed E-state index contributed by atoms with van der Waals surface area (Å²) in [6, 6.07) is 15.9. The number of rotatable bonds is 10. The zero-order valence-electron chi connectivity index (χ0n) is 15.9. The Bertz CT molecular complexity index is 798. The van der Waals surface area contributed by atoms with Crippen LogP contribution in [0.3, 0.4) is 0 Å². The standard InChI is InChI=1S/C21H25N3O5/c22-18(16-10-5-2-6-11-16)19(25)24-17(20(26)27)12-7-13-23-21(28)29-14-15-8-3-1-4-9-15/h1-6,8-11,17-18H,7,12-14,22H2,(H,23,28)(H,24,25)(H,26,27)/t17-,18+/m0/s1. The van der Waals surface area contributed by atoms with E-state index in [0.29, 0.717) is 12.0 Å². The van der Waals surface area contributed by atoms with E-state index in [2.05, 4.69) is 10.6 Å². The van der Waals surface area contributed by atoms with Gasteiger partial charge in [0.2, 0.25) is 5.91 Å². The van der Waals surface area contributed by atoms with Crippen molar-refractivity contribution in [3.63, 3.8) is 0 Å². The highest BCUT2D eigenvalue weighted by atomic mass is 16.5. The van der Waals surface area contributed by atoms with Crippen LogP contribution < -0.4 is 16.4 Å². The molecule has 0 saturated heterocycles. The summed E-state index contributed by atoms with van der Waals surface area (Å²) >= 11 is 0. The molecular formula is C21H25N3O5. The molecule has 8 heteroatoms. The molecule has 0 radical (unpaired) electrons. The average Bonchev–Trinajstić information content (AvgIpc) is 2.74. The third-order valence-corrected chi connectivity index (χ3v) is 4.21. The highest BCUT2D eigenvalue weighted by Crippen LogP contribution is 2.10. The Morgan fingerprint density at radius 3 is 2.24 bits per heavy atom. The maximum Gasteiger partial charge on any atom is 0.407 e. The topological polar surface area (TPSA) is 131 Å². The van der Waals surface area contributed by atoms with Crippen molar-refractivity contribution in [2.45, 2.75) is 31.5 Å². The van der Waals surface area contributed by atoms with Crippen LogP contribution in [0.2, 0.25) is 0 Å². The zero-order chi connectivity index (χ0) is 21.1. The van der Waals surface area contributed by atoms with E-state index in [9.17, 15) is 19.5 Å². The van der Waals surface area contributed by atoms with Crippen LogP contribution in [0.5, 0.6) is 0 Å². The summed E-state index contributed by atoms with van der Waals surface area (Å²) in [5.74, 6) is -1.73. The van der Waals surface area contributed by atoms with E-state index >= 15 is 0 Å². The van der Waals surface area contributed by atoms with Crippen molar-refractivity contribution < 1.29 is 24.2 Å². The molecule has 2 atom stereocenters. The van der Waals surface area contributed by atoms with E-state index in [1.54, 1.807) is 30.3 Å². The maximum absolute atomic E-state index is 12.2. The first-order valence-corrected chi connectivity index (χ1v) is 9.25. The molecule has 0 bridgehead atoms. The fourth-order valence-corrected chi connectivity index (χ4v) is 2.60. The molecule has 0 fully saturated rings. The second-order valence-electron chi connectivity index (χ2n) is 6.42. The van der Waals surface area contributed by atoms with Crippen molar-refractivity contribution in [3.05, 3.63) is 71.8 Å². The van der Waals surface area contributed by atoms with Crippen LogP contribution in [0.25, 0.3) is 0 Å². The van der Waals surface area contributed by atoms with Gasteiger partial charge in [0, 0.05) is 6.54 Å². The van der Waals surface area contributed by atoms with Gasteiger partial charge in [0.25, 0.3) is 0 Å². The van der Waals surface area contributed by atoms with Gasteiger partial charge >= 0.3 is 12.1 Å². The molecule has 2 rings (SSSR count). The number of hydrogen-bond acceptors (Lipinski definition) is 5. The molecule has 154 valence electrons. The molecule has 0 unspecified atom stereocenters. The number of carboxylic acids is 1. The van der Waals surface area contributed by atoms with Gasteiger partial charge in [0.15, 0.2) is 0 Å². The van der Waals surface area contributed by atoms with Crippen molar-refractivity contribution in [2.24, 2.45) is 5.73 Å². The molecule has 2 aromatic carbocycles. The number of carboxylic acid groups (broad SMARTS) is 1. The Morgan fingerprint density at radius 1 is 1.00 bits per heavy atom. The average molecular weight is 399 g/mol. The Kier molecular flexibility index (Phi) is 8.65. The number of aliphatic carboxylic acids is 1. The van der Waals surface area contributed by atoms with Gasteiger partial charge in [-0.15, -0.1) is 0 Å². The molecule has 29 heavy (non-hydrogen) atoms. The lowest BCUT2D eigenvalue weighted by molar-refractivity contribution is -0.142. The molecule has 5 N–H and O–H groups in total. The highest BCUT2D eigenvalue weighted by Gasteiger charge is 2.23. The number of carbonyl (C=O) groups excluding carboxylic acids is 2. The van der Waals surface area contributed by atoms with Gasteiger partial charge in [-0.2, -0.15) is 0 Å². The Morgan fingerprint density at radius 2 is 1.62 bits per heavy atom. The molecule has 0 aromatic heterocycles. The first kappa shape index (κ1) is 21.9. The van der Waals surface area contributed by atoms with Crippen LogP contribution in [0.1, 0.15) is 30.0 Å². The number of ether oxygens (including phenoxy) is 1. The van der Waals surface area contributed by atoms with Gasteiger partial charge in [0.05, 0.1) is 0 Å². The van der Waals surface area contributed by atoms with E-state index < -0.39 is 30.1 Å². The summed E-state index contributed by atoms with van der Waals surface area (Å²) in [4.78, 5) is 35.3. The second-order valence-corrected chi connectivity index (χ2v) is 6.42. The highest BCUT2D eigenvalue weighted by molar-refractivity contribution is 5.87. The van der Waals surface area contributed by atoms with E-state index in [4.69, 9.17) is 10.5 Å². The molecule has 0 saturated carbocycles. The van der Waals surface area contributed by atoms with Crippen molar-refractivity contribution in [3.8, 4) is 0 Å². The van der Waals surface area contributed by atoms with E-state index in [1.807, 2.05) is 30.3 Å². The van der Waals surface area contributed by atoms with Gasteiger partial charge in [0.1, 0.15) is 18.7 Å². The van der Waals surface area contributed by atoms with E-state index in [0.717, 1.165) is 5.56 Å². The first-order chi connectivity index (χ1) is 14.0. The molecule has 0 aliphatic rings. The molecule has 0 aliphatic heterocycles. The van der Waals surface area contributed by atoms with Crippen molar-refractivity contribution in [2.75, 3.05) is 6.54 Å². The number of nitrogens with two attached hydrogens (primary N) is 1. The number of benzene rings is 2. The number of nitrogens with one attached hydrogen (secondary N) is 2. The zero-order valence-corrected chi connectivity index (χ0v) is 15.9. The third-order valence-electron chi connectivity index (χ3n) is 4.21. The van der Waals surface area contributed by atoms with Gasteiger partial charge in [-0.25, -0.2) is 9.59 Å². The fraction of sp³-hybridized carbons (Fsp3) is 0.286. The lowest BCUT2D eigenvalue weighted by Crippen LogP contribution is -2.45. The summed E-state index contributed by atoms with van der Waals surface area (Å²) in [5.41, 5.74) is 7.35. The number of hydrogen-bond donors (Lipinski definition) is 4. The van der Waals surface area contributed by atoms with Crippen molar-refractivity contribution in [1.29, 1.82) is 0 Å². The first-order valence-electron chi connectivity index (χ1n) is 9.25. The number of amides is 2. The largest absolute Gasteiger partial charge is 0.480 e. The minimum Gasteiger partial charge on any atom is -0.480 e. The number of alkyl carbamates (subject to hydrolysis) is 1. The van der Waals surface area contributed by atoms with E-state index in [-0.39, 0.29) is 19.6 Å². The van der Waals surface area contributed by atoms with Gasteiger partial charge in [-0.3, -0.25) is 4.79 Å². The SMILES string of the molecule is N[C@@H](C(=O)N[C@@H](CCCNC(=O)OCc1ccccc1)C(=O)O)c1ccccc1. The normalized spacial score (nSPS) is 12.4. The maximum atomic E-state index is 12.2. The summed E-state index contributed by atoms with van der Waals surface area (Å²) in [5, 5.41) is 14.3. The summed E-state index contributed by atoms with van der Waals surface area (Å²) in [7, 11) is 0. The van der Waals surface area contributed by atoms with Crippen LogP contribution >= 0.6 is 0 Å². The summed E-state index contributed by atoms with van der Waals surface area (Å²) in [6.07, 6.45) is -0.101. The van der Waals surface area contributed by atoms with Crippen LogP contribution in [-0.2, 0) is 20.9 Å². The minimum atomic E-state index is -1.16. The van der Waals surface area contributed by atoms with Gasteiger partial charge in [-0.1, -0.05) is 60.7 Å². The smallest absolute Gasteiger partial charge is 0.407 e. The molecule has 2 amide bonds. The number of carbonyl (C=O) groups is 3. The fourth-order valence-electron chi connectivity index (χ4n) is 2.60. The molecule has 2 aromatic rings. The molecule has 0 spiro atoms. The van der Waals surface area contributed by atoms with Crippen LogP contribution in [0.15, 0.2) is 60.7 Å². The Hall–Kier alpha value is -3.39.